The highest BCUT2D eigenvalue weighted by Gasteiger charge is 2.22. The SMILES string of the molecule is C[C@H](Cc1ncc2nc(-c3ccccc3Cl)n(C[C@H]3CCNC3)c2n1)c1ccccc1F. The van der Waals surface area contributed by atoms with E-state index < -0.39 is 0 Å². The predicted octanol–water partition coefficient (Wildman–Crippen LogP) is 5.24. The predicted molar refractivity (Wildman–Crippen MR) is 125 cm³/mol. The Bertz CT molecular complexity index is 1250. The highest BCUT2D eigenvalue weighted by Crippen LogP contribution is 2.31. The smallest absolute Gasteiger partial charge is 0.164 e. The third-order valence-electron chi connectivity index (χ3n) is 6.18. The zero-order chi connectivity index (χ0) is 22.1. The molecule has 0 saturated carbocycles. The maximum absolute atomic E-state index is 14.2. The summed E-state index contributed by atoms with van der Waals surface area (Å²) in [6, 6.07) is 14.6. The number of nitrogens with zero attached hydrogens (tertiary/aromatic N) is 4. The molecule has 32 heavy (non-hydrogen) atoms. The Morgan fingerprint density at radius 2 is 1.97 bits per heavy atom. The molecule has 1 saturated heterocycles. The molecule has 0 spiro atoms. The highest BCUT2D eigenvalue weighted by molar-refractivity contribution is 6.33. The van der Waals surface area contributed by atoms with Crippen molar-refractivity contribution in [1.29, 1.82) is 0 Å². The third-order valence-corrected chi connectivity index (χ3v) is 6.51. The van der Waals surface area contributed by atoms with Gasteiger partial charge in [0.15, 0.2) is 5.65 Å². The summed E-state index contributed by atoms with van der Waals surface area (Å²) in [6.07, 6.45) is 3.44. The Balaban J connectivity index is 1.55. The molecule has 0 aliphatic carbocycles. The average molecular weight is 450 g/mol. The van der Waals surface area contributed by atoms with Gasteiger partial charge in [-0.05, 0) is 55.1 Å². The van der Waals surface area contributed by atoms with Gasteiger partial charge in [-0.3, -0.25) is 0 Å². The first kappa shape index (κ1) is 21.0. The number of hydrogen-bond acceptors (Lipinski definition) is 4. The van der Waals surface area contributed by atoms with E-state index in [1.807, 2.05) is 43.3 Å². The van der Waals surface area contributed by atoms with Gasteiger partial charge in [0.05, 0.1) is 11.2 Å². The van der Waals surface area contributed by atoms with Crippen LogP contribution in [0.3, 0.4) is 0 Å². The number of rotatable bonds is 6. The molecular formula is C25H25ClFN5. The topological polar surface area (TPSA) is 55.6 Å². The van der Waals surface area contributed by atoms with Gasteiger partial charge in [0, 0.05) is 18.5 Å². The van der Waals surface area contributed by atoms with Crippen molar-refractivity contribution in [1.82, 2.24) is 24.8 Å². The summed E-state index contributed by atoms with van der Waals surface area (Å²) in [5.74, 6) is 1.77. The number of halogens is 2. The van der Waals surface area contributed by atoms with Gasteiger partial charge in [-0.1, -0.05) is 48.9 Å². The van der Waals surface area contributed by atoms with E-state index in [-0.39, 0.29) is 11.7 Å². The van der Waals surface area contributed by atoms with Crippen LogP contribution in [0.5, 0.6) is 0 Å². The third kappa shape index (κ3) is 4.12. The minimum atomic E-state index is -0.194. The highest BCUT2D eigenvalue weighted by atomic mass is 35.5. The van der Waals surface area contributed by atoms with Crippen molar-refractivity contribution in [2.24, 2.45) is 5.92 Å². The van der Waals surface area contributed by atoms with Gasteiger partial charge in [0.25, 0.3) is 0 Å². The van der Waals surface area contributed by atoms with Gasteiger partial charge >= 0.3 is 0 Å². The van der Waals surface area contributed by atoms with Gasteiger partial charge in [-0.2, -0.15) is 0 Å². The normalized spacial score (nSPS) is 17.2. The second-order valence-corrected chi connectivity index (χ2v) is 8.91. The lowest BCUT2D eigenvalue weighted by Crippen LogP contribution is -2.16. The van der Waals surface area contributed by atoms with E-state index >= 15 is 0 Å². The van der Waals surface area contributed by atoms with Crippen LogP contribution in [0.15, 0.2) is 54.7 Å². The van der Waals surface area contributed by atoms with E-state index in [2.05, 4.69) is 14.9 Å². The van der Waals surface area contributed by atoms with Gasteiger partial charge in [-0.15, -0.1) is 0 Å². The molecular weight excluding hydrogens is 425 g/mol. The summed E-state index contributed by atoms with van der Waals surface area (Å²) in [6.45, 7) is 4.81. The lowest BCUT2D eigenvalue weighted by Gasteiger charge is -2.15. The van der Waals surface area contributed by atoms with Crippen molar-refractivity contribution in [3.8, 4) is 11.4 Å². The Morgan fingerprint density at radius 1 is 1.16 bits per heavy atom. The first-order valence-corrected chi connectivity index (χ1v) is 11.4. The Labute approximate surface area is 191 Å². The zero-order valence-electron chi connectivity index (χ0n) is 17.9. The Hall–Kier alpha value is -2.83. The fourth-order valence-corrected chi connectivity index (χ4v) is 4.68. The Morgan fingerprint density at radius 3 is 2.75 bits per heavy atom. The summed E-state index contributed by atoms with van der Waals surface area (Å²) >= 11 is 6.52. The van der Waals surface area contributed by atoms with Crippen LogP contribution < -0.4 is 5.32 Å². The van der Waals surface area contributed by atoms with E-state index in [9.17, 15) is 4.39 Å². The molecule has 1 N–H and O–H groups in total. The summed E-state index contributed by atoms with van der Waals surface area (Å²) < 4.78 is 16.4. The maximum Gasteiger partial charge on any atom is 0.164 e. The van der Waals surface area contributed by atoms with E-state index in [1.54, 1.807) is 12.3 Å². The van der Waals surface area contributed by atoms with E-state index in [0.717, 1.165) is 48.6 Å². The molecule has 2 aromatic heterocycles. The van der Waals surface area contributed by atoms with Crippen LogP contribution in [-0.4, -0.2) is 32.6 Å². The molecule has 0 amide bonds. The van der Waals surface area contributed by atoms with Crippen LogP contribution in [0, 0.1) is 11.7 Å². The number of aromatic nitrogens is 4. The lowest BCUT2D eigenvalue weighted by molar-refractivity contribution is 0.490. The molecule has 5 rings (SSSR count). The molecule has 0 bridgehead atoms. The number of imidazole rings is 1. The molecule has 4 aromatic rings. The maximum atomic E-state index is 14.2. The summed E-state index contributed by atoms with van der Waals surface area (Å²) in [5.41, 5.74) is 3.11. The molecule has 1 fully saturated rings. The van der Waals surface area contributed by atoms with Crippen molar-refractivity contribution in [2.75, 3.05) is 13.1 Å². The average Bonchev–Trinajstić information content (AvgIpc) is 3.43. The van der Waals surface area contributed by atoms with E-state index in [0.29, 0.717) is 28.7 Å². The first-order chi connectivity index (χ1) is 15.6. The second kappa shape index (κ2) is 8.96. The summed E-state index contributed by atoms with van der Waals surface area (Å²) in [7, 11) is 0. The molecule has 5 nitrogen and oxygen atoms in total. The van der Waals surface area contributed by atoms with Gasteiger partial charge in [-0.25, -0.2) is 19.3 Å². The van der Waals surface area contributed by atoms with Crippen molar-refractivity contribution in [2.45, 2.75) is 32.2 Å². The summed E-state index contributed by atoms with van der Waals surface area (Å²) in [5, 5.41) is 4.10. The molecule has 7 heteroatoms. The van der Waals surface area contributed by atoms with Crippen LogP contribution in [-0.2, 0) is 13.0 Å². The number of hydrogen-bond donors (Lipinski definition) is 1. The van der Waals surface area contributed by atoms with Crippen molar-refractivity contribution >= 4 is 22.8 Å². The van der Waals surface area contributed by atoms with Gasteiger partial charge in [0.1, 0.15) is 23.0 Å². The molecule has 0 radical (unpaired) electrons. The minimum absolute atomic E-state index is 0.0351. The van der Waals surface area contributed by atoms with E-state index in [4.69, 9.17) is 21.6 Å². The van der Waals surface area contributed by atoms with E-state index in [1.165, 1.54) is 6.07 Å². The van der Waals surface area contributed by atoms with Crippen molar-refractivity contribution in [3.63, 3.8) is 0 Å². The largest absolute Gasteiger partial charge is 0.316 e. The zero-order valence-corrected chi connectivity index (χ0v) is 18.7. The van der Waals surface area contributed by atoms with Gasteiger partial charge in [0.2, 0.25) is 0 Å². The van der Waals surface area contributed by atoms with Crippen LogP contribution >= 0.6 is 11.6 Å². The molecule has 2 aromatic carbocycles. The number of fused-ring (bicyclic) bond motifs is 1. The molecule has 2 atom stereocenters. The lowest BCUT2D eigenvalue weighted by atomic mass is 9.97. The number of nitrogens with one attached hydrogen (secondary N) is 1. The quantitative estimate of drug-likeness (QED) is 0.437. The molecule has 164 valence electrons. The van der Waals surface area contributed by atoms with Crippen LogP contribution in [0.1, 0.15) is 30.7 Å². The first-order valence-electron chi connectivity index (χ1n) is 11.0. The Kier molecular flexibility index (Phi) is 5.89. The monoisotopic (exact) mass is 449 g/mol. The fraction of sp³-hybridized carbons (Fsp3) is 0.320. The number of benzene rings is 2. The van der Waals surface area contributed by atoms with Crippen LogP contribution in [0.25, 0.3) is 22.6 Å². The van der Waals surface area contributed by atoms with Crippen molar-refractivity contribution < 1.29 is 4.39 Å². The molecule has 0 unspecified atom stereocenters. The standard InChI is InChI=1S/C25H25ClFN5/c1-16(18-6-3-5-9-21(18)27)12-23-29-14-22-25(31-23)32(15-17-10-11-28-13-17)24(30-22)19-7-2-4-8-20(19)26/h2-9,14,16-17,28H,10-13,15H2,1H3/t16-,17+/m1/s1. The van der Waals surface area contributed by atoms with Crippen molar-refractivity contribution in [3.05, 3.63) is 77.0 Å². The van der Waals surface area contributed by atoms with Gasteiger partial charge < -0.3 is 9.88 Å². The second-order valence-electron chi connectivity index (χ2n) is 8.51. The molecule has 1 aliphatic rings. The minimum Gasteiger partial charge on any atom is -0.316 e. The fourth-order valence-electron chi connectivity index (χ4n) is 4.46. The van der Waals surface area contributed by atoms with Crippen LogP contribution in [0.4, 0.5) is 4.39 Å². The van der Waals surface area contributed by atoms with Crippen LogP contribution in [0.2, 0.25) is 5.02 Å². The molecule has 3 heterocycles. The molecule has 1 aliphatic heterocycles. The summed E-state index contributed by atoms with van der Waals surface area (Å²) in [4.78, 5) is 14.3.